The van der Waals surface area contributed by atoms with Crippen LogP contribution >= 0.6 is 0 Å². The number of rotatable bonds is 7. The third-order valence-electron chi connectivity index (χ3n) is 7.32. The molecule has 0 spiro atoms. The fraction of sp³-hybridized carbons (Fsp3) is 0.0541. The third kappa shape index (κ3) is 5.54. The number of ketones is 1. The van der Waals surface area contributed by atoms with Gasteiger partial charge in [-0.05, 0) is 58.3 Å². The zero-order valence-electron chi connectivity index (χ0n) is 23.1. The molecule has 0 unspecified atom stereocenters. The van der Waals surface area contributed by atoms with Crippen molar-refractivity contribution in [3.8, 4) is 0 Å². The molecule has 5 heteroatoms. The number of amides is 2. The van der Waals surface area contributed by atoms with Crippen molar-refractivity contribution in [1.82, 2.24) is 0 Å². The van der Waals surface area contributed by atoms with Crippen LogP contribution in [0.15, 0.2) is 127 Å². The second-order valence-corrected chi connectivity index (χ2v) is 10.3. The number of fused-ring (bicyclic) bond motifs is 2. The number of carbonyl (C=O) groups excluding carboxylic acids is 3. The van der Waals surface area contributed by atoms with Gasteiger partial charge in [0.1, 0.15) is 0 Å². The van der Waals surface area contributed by atoms with Gasteiger partial charge in [-0.2, -0.15) is 0 Å². The summed E-state index contributed by atoms with van der Waals surface area (Å²) in [5, 5.41) is 9.54. The van der Waals surface area contributed by atoms with Crippen LogP contribution in [0.1, 0.15) is 37.4 Å². The summed E-state index contributed by atoms with van der Waals surface area (Å²) in [6.45, 7) is 1.99. The van der Waals surface area contributed by atoms with Gasteiger partial charge < -0.3 is 10.6 Å². The lowest BCUT2D eigenvalue weighted by atomic mass is 9.96. The maximum Gasteiger partial charge on any atom is 0.256 e. The molecule has 5 nitrogen and oxygen atoms in total. The largest absolute Gasteiger partial charge is 0.325 e. The Morgan fingerprint density at radius 2 is 1.24 bits per heavy atom. The van der Waals surface area contributed by atoms with Gasteiger partial charge in [0.05, 0.1) is 17.7 Å². The van der Waals surface area contributed by atoms with Crippen LogP contribution in [0.3, 0.4) is 0 Å². The highest BCUT2D eigenvalue weighted by Gasteiger charge is 2.19. The predicted molar refractivity (Wildman–Crippen MR) is 169 cm³/mol. The molecule has 6 aromatic rings. The molecule has 0 aliphatic rings. The van der Waals surface area contributed by atoms with Crippen LogP contribution in [-0.2, 0) is 11.2 Å². The molecule has 42 heavy (non-hydrogen) atoms. The van der Waals surface area contributed by atoms with E-state index in [1.54, 1.807) is 42.5 Å². The Morgan fingerprint density at radius 1 is 0.619 bits per heavy atom. The second-order valence-electron chi connectivity index (χ2n) is 10.3. The number of hydrogen-bond acceptors (Lipinski definition) is 3. The molecule has 2 N–H and O–H groups in total. The summed E-state index contributed by atoms with van der Waals surface area (Å²) in [5.41, 5.74) is 4.16. The molecule has 6 aromatic carbocycles. The van der Waals surface area contributed by atoms with E-state index in [9.17, 15) is 14.4 Å². The SMILES string of the molecule is Cc1ccc(CC(=O)Nc2ccc(NC(=O)c3c4ccccc4cc4ccccc34)cc2C(=O)c2ccccc2)cc1. The van der Waals surface area contributed by atoms with Crippen LogP contribution in [-0.4, -0.2) is 17.6 Å². The van der Waals surface area contributed by atoms with Crippen LogP contribution in [0.2, 0.25) is 0 Å². The summed E-state index contributed by atoms with van der Waals surface area (Å²) < 4.78 is 0. The molecule has 0 atom stereocenters. The maximum atomic E-state index is 13.8. The van der Waals surface area contributed by atoms with E-state index in [1.807, 2.05) is 85.8 Å². The van der Waals surface area contributed by atoms with Gasteiger partial charge in [0.15, 0.2) is 5.78 Å². The maximum absolute atomic E-state index is 13.8. The van der Waals surface area contributed by atoms with Gasteiger partial charge in [-0.25, -0.2) is 0 Å². The molecule has 0 aromatic heterocycles. The Labute approximate surface area is 243 Å². The van der Waals surface area contributed by atoms with Crippen molar-refractivity contribution in [1.29, 1.82) is 0 Å². The first-order valence-electron chi connectivity index (χ1n) is 13.8. The zero-order chi connectivity index (χ0) is 29.1. The molecular weight excluding hydrogens is 520 g/mol. The van der Waals surface area contributed by atoms with Crippen molar-refractivity contribution >= 4 is 50.5 Å². The van der Waals surface area contributed by atoms with Gasteiger partial charge >= 0.3 is 0 Å². The molecule has 0 bridgehead atoms. The normalized spacial score (nSPS) is 10.9. The van der Waals surface area contributed by atoms with E-state index in [4.69, 9.17) is 0 Å². The van der Waals surface area contributed by atoms with E-state index in [1.165, 1.54) is 0 Å². The molecule has 2 amide bonds. The van der Waals surface area contributed by atoms with Crippen LogP contribution in [0.25, 0.3) is 21.5 Å². The highest BCUT2D eigenvalue weighted by atomic mass is 16.2. The number of aryl methyl sites for hydroxylation is 1. The van der Waals surface area contributed by atoms with Crippen molar-refractivity contribution in [2.75, 3.05) is 10.6 Å². The zero-order valence-corrected chi connectivity index (χ0v) is 23.1. The molecule has 204 valence electrons. The molecule has 6 rings (SSSR count). The average molecular weight is 549 g/mol. The minimum Gasteiger partial charge on any atom is -0.325 e. The van der Waals surface area contributed by atoms with Crippen molar-refractivity contribution in [2.45, 2.75) is 13.3 Å². The fourth-order valence-electron chi connectivity index (χ4n) is 5.20. The van der Waals surface area contributed by atoms with E-state index in [0.717, 1.165) is 32.7 Å². The van der Waals surface area contributed by atoms with Crippen molar-refractivity contribution < 1.29 is 14.4 Å². The van der Waals surface area contributed by atoms with E-state index in [-0.39, 0.29) is 24.0 Å². The highest BCUT2D eigenvalue weighted by Crippen LogP contribution is 2.30. The Morgan fingerprint density at radius 3 is 1.90 bits per heavy atom. The van der Waals surface area contributed by atoms with Crippen molar-refractivity contribution in [3.63, 3.8) is 0 Å². The Bertz CT molecular complexity index is 1910. The van der Waals surface area contributed by atoms with E-state index in [2.05, 4.69) is 16.7 Å². The van der Waals surface area contributed by atoms with Crippen LogP contribution in [0.4, 0.5) is 11.4 Å². The molecule has 0 saturated carbocycles. The number of hydrogen-bond donors (Lipinski definition) is 2. The quantitative estimate of drug-likeness (QED) is 0.157. The monoisotopic (exact) mass is 548 g/mol. The van der Waals surface area contributed by atoms with Gasteiger partial charge in [0, 0.05) is 16.8 Å². The lowest BCUT2D eigenvalue weighted by molar-refractivity contribution is -0.115. The standard InChI is InChI=1S/C37H28N2O3/c1-24-15-17-25(18-16-24)21-34(40)39-33-20-19-29(23-32(33)36(41)26-9-3-2-4-10-26)38-37(42)35-30-13-7-5-11-27(30)22-28-12-6-8-14-31(28)35/h2-20,22-23H,21H2,1H3,(H,38,42)(H,39,40). The van der Waals surface area contributed by atoms with Gasteiger partial charge in [-0.15, -0.1) is 0 Å². The Kier molecular flexibility index (Phi) is 7.31. The Hall–Kier alpha value is -5.55. The Balaban J connectivity index is 1.35. The van der Waals surface area contributed by atoms with Gasteiger partial charge in [-0.1, -0.05) is 109 Å². The van der Waals surface area contributed by atoms with Gasteiger partial charge in [0.25, 0.3) is 5.91 Å². The second kappa shape index (κ2) is 11.5. The van der Waals surface area contributed by atoms with Crippen LogP contribution in [0, 0.1) is 6.92 Å². The summed E-state index contributed by atoms with van der Waals surface area (Å²) in [6.07, 6.45) is 0.173. The van der Waals surface area contributed by atoms with E-state index in [0.29, 0.717) is 28.1 Å². The smallest absolute Gasteiger partial charge is 0.256 e. The third-order valence-corrected chi connectivity index (χ3v) is 7.32. The molecule has 0 aliphatic carbocycles. The van der Waals surface area contributed by atoms with E-state index >= 15 is 0 Å². The minimum atomic E-state index is -0.280. The first kappa shape index (κ1) is 26.7. The summed E-state index contributed by atoms with van der Waals surface area (Å²) in [7, 11) is 0. The van der Waals surface area contributed by atoms with Crippen LogP contribution < -0.4 is 10.6 Å². The summed E-state index contributed by atoms with van der Waals surface area (Å²) in [4.78, 5) is 40.4. The first-order chi connectivity index (χ1) is 20.5. The number of nitrogens with one attached hydrogen (secondary N) is 2. The predicted octanol–water partition coefficient (Wildman–Crippen LogP) is 7.97. The van der Waals surface area contributed by atoms with Crippen LogP contribution in [0.5, 0.6) is 0 Å². The summed E-state index contributed by atoms with van der Waals surface area (Å²) in [5.74, 6) is -0.773. The van der Waals surface area contributed by atoms with E-state index < -0.39 is 0 Å². The molecular formula is C37H28N2O3. The fourth-order valence-corrected chi connectivity index (χ4v) is 5.20. The lowest BCUT2D eigenvalue weighted by Crippen LogP contribution is -2.18. The first-order valence-corrected chi connectivity index (χ1v) is 13.8. The number of carbonyl (C=O) groups is 3. The summed E-state index contributed by atoms with van der Waals surface area (Å²) >= 11 is 0. The van der Waals surface area contributed by atoms with Crippen molar-refractivity contribution in [3.05, 3.63) is 155 Å². The van der Waals surface area contributed by atoms with Gasteiger partial charge in [-0.3, -0.25) is 14.4 Å². The average Bonchev–Trinajstić information content (AvgIpc) is 3.01. The molecule has 0 heterocycles. The topological polar surface area (TPSA) is 75.3 Å². The number of benzene rings is 6. The molecule has 0 radical (unpaired) electrons. The molecule has 0 fully saturated rings. The van der Waals surface area contributed by atoms with Crippen molar-refractivity contribution in [2.24, 2.45) is 0 Å². The minimum absolute atomic E-state index is 0.173. The molecule has 0 aliphatic heterocycles. The highest BCUT2D eigenvalue weighted by molar-refractivity contribution is 6.22. The number of anilines is 2. The van der Waals surface area contributed by atoms with Gasteiger partial charge in [0.2, 0.25) is 5.91 Å². The lowest BCUT2D eigenvalue weighted by Gasteiger charge is -2.15. The molecule has 0 saturated heterocycles. The summed E-state index contributed by atoms with van der Waals surface area (Å²) in [6, 6.07) is 39.3.